The van der Waals surface area contributed by atoms with Crippen LogP contribution in [0.4, 0.5) is 0 Å². The second-order valence-corrected chi connectivity index (χ2v) is 6.28. The molecular weight excluding hydrogens is 318 g/mol. The summed E-state index contributed by atoms with van der Waals surface area (Å²) in [4.78, 5) is 14.6. The molecule has 0 bridgehead atoms. The molecule has 1 saturated heterocycles. The molecule has 6 nitrogen and oxygen atoms in total. The summed E-state index contributed by atoms with van der Waals surface area (Å²) in [7, 11) is 0. The number of carbonyl (C=O) groups excluding carboxylic acids is 1. The highest BCUT2D eigenvalue weighted by Gasteiger charge is 2.24. The van der Waals surface area contributed by atoms with Gasteiger partial charge in [-0.1, -0.05) is 12.1 Å². The lowest BCUT2D eigenvalue weighted by Crippen LogP contribution is -2.36. The molecular formula is C19H19N3O3. The van der Waals surface area contributed by atoms with Gasteiger partial charge in [0.25, 0.3) is 5.91 Å². The normalized spacial score (nSPS) is 18.2. The van der Waals surface area contributed by atoms with Gasteiger partial charge in [0.2, 0.25) is 0 Å². The van der Waals surface area contributed by atoms with E-state index in [0.717, 1.165) is 17.4 Å². The Morgan fingerprint density at radius 2 is 2.20 bits per heavy atom. The molecule has 2 aromatic heterocycles. The fraction of sp³-hybridized carbons (Fsp3) is 0.316. The predicted molar refractivity (Wildman–Crippen MR) is 92.2 cm³/mol. The summed E-state index contributed by atoms with van der Waals surface area (Å²) < 4.78 is 11.2. The maximum atomic E-state index is 12.7. The zero-order valence-electron chi connectivity index (χ0n) is 13.8. The van der Waals surface area contributed by atoms with Crippen molar-refractivity contribution >= 4 is 16.9 Å². The Labute approximate surface area is 145 Å². The van der Waals surface area contributed by atoms with Crippen LogP contribution in [0.25, 0.3) is 11.0 Å². The maximum absolute atomic E-state index is 12.7. The molecule has 3 heterocycles. The standard InChI is InChI=1S/C19H19N3O3/c23-19(16-4-6-20-21-11-16)22-7-9-24-13-14(12-22)10-15-2-1-3-18-17(15)5-8-25-18/h1-6,8,11,14H,7,9-10,12-13H2/t14-/m0/s1. The van der Waals surface area contributed by atoms with Crippen LogP contribution in [-0.4, -0.2) is 47.3 Å². The Morgan fingerprint density at radius 1 is 1.24 bits per heavy atom. The van der Waals surface area contributed by atoms with Crippen molar-refractivity contribution in [3.05, 3.63) is 60.1 Å². The number of benzene rings is 1. The molecule has 1 aliphatic rings. The minimum absolute atomic E-state index is 0.0214. The number of hydrogen-bond donors (Lipinski definition) is 0. The number of rotatable bonds is 3. The van der Waals surface area contributed by atoms with Gasteiger partial charge in [-0.25, -0.2) is 0 Å². The molecule has 1 atom stereocenters. The zero-order chi connectivity index (χ0) is 17.1. The molecule has 6 heteroatoms. The first-order valence-corrected chi connectivity index (χ1v) is 8.40. The van der Waals surface area contributed by atoms with Crippen molar-refractivity contribution < 1.29 is 13.9 Å². The highest BCUT2D eigenvalue weighted by atomic mass is 16.5. The van der Waals surface area contributed by atoms with E-state index in [9.17, 15) is 4.79 Å². The number of hydrogen-bond acceptors (Lipinski definition) is 5. The lowest BCUT2D eigenvalue weighted by molar-refractivity contribution is 0.0736. The van der Waals surface area contributed by atoms with Crippen molar-refractivity contribution in [3.8, 4) is 0 Å². The van der Waals surface area contributed by atoms with E-state index in [1.807, 2.05) is 23.1 Å². The fourth-order valence-electron chi connectivity index (χ4n) is 3.33. The molecule has 0 unspecified atom stereocenters. The van der Waals surface area contributed by atoms with Crippen LogP contribution in [0.3, 0.4) is 0 Å². The lowest BCUT2D eigenvalue weighted by Gasteiger charge is -2.23. The third-order valence-corrected chi connectivity index (χ3v) is 4.55. The quantitative estimate of drug-likeness (QED) is 0.735. The van der Waals surface area contributed by atoms with Crippen molar-refractivity contribution in [1.29, 1.82) is 0 Å². The van der Waals surface area contributed by atoms with Gasteiger partial charge in [0.05, 0.1) is 37.4 Å². The second-order valence-electron chi connectivity index (χ2n) is 6.28. The Hall–Kier alpha value is -2.73. The van der Waals surface area contributed by atoms with E-state index in [1.165, 1.54) is 11.8 Å². The number of furan rings is 1. The first-order valence-electron chi connectivity index (χ1n) is 8.40. The molecule has 0 aliphatic carbocycles. The molecule has 0 saturated carbocycles. The van der Waals surface area contributed by atoms with Crippen molar-refractivity contribution in [2.24, 2.45) is 5.92 Å². The van der Waals surface area contributed by atoms with Crippen LogP contribution >= 0.6 is 0 Å². The summed E-state index contributed by atoms with van der Waals surface area (Å²) in [5, 5.41) is 8.66. The Balaban J connectivity index is 1.52. The molecule has 1 aromatic carbocycles. The smallest absolute Gasteiger partial charge is 0.255 e. The van der Waals surface area contributed by atoms with E-state index < -0.39 is 0 Å². The predicted octanol–water partition coefficient (Wildman–Crippen LogP) is 2.55. The number of carbonyl (C=O) groups is 1. The van der Waals surface area contributed by atoms with Gasteiger partial charge in [0.1, 0.15) is 5.58 Å². The average Bonchev–Trinajstić information content (AvgIpc) is 3.02. The van der Waals surface area contributed by atoms with Crippen LogP contribution in [0.5, 0.6) is 0 Å². The topological polar surface area (TPSA) is 68.5 Å². The minimum Gasteiger partial charge on any atom is -0.464 e. The Bertz CT molecular complexity index is 862. The Morgan fingerprint density at radius 3 is 3.08 bits per heavy atom. The molecule has 1 fully saturated rings. The monoisotopic (exact) mass is 337 g/mol. The van der Waals surface area contributed by atoms with Gasteiger partial charge in [-0.2, -0.15) is 10.2 Å². The van der Waals surface area contributed by atoms with Crippen LogP contribution in [0.2, 0.25) is 0 Å². The summed E-state index contributed by atoms with van der Waals surface area (Å²) in [6, 6.07) is 9.77. The first-order chi connectivity index (χ1) is 12.3. The van der Waals surface area contributed by atoms with Crippen molar-refractivity contribution in [1.82, 2.24) is 15.1 Å². The number of amides is 1. The molecule has 1 amide bonds. The van der Waals surface area contributed by atoms with E-state index in [0.29, 0.717) is 31.9 Å². The SMILES string of the molecule is O=C(c1ccnnc1)N1CCOC[C@@H](Cc2cccc3occc23)C1. The number of fused-ring (bicyclic) bond motifs is 1. The highest BCUT2D eigenvalue weighted by Crippen LogP contribution is 2.24. The van der Waals surface area contributed by atoms with Gasteiger partial charge in [0.15, 0.2) is 0 Å². The summed E-state index contributed by atoms with van der Waals surface area (Å²) in [5.41, 5.74) is 2.68. The third-order valence-electron chi connectivity index (χ3n) is 4.55. The third kappa shape index (κ3) is 3.39. The Kier molecular flexibility index (Phi) is 4.43. The zero-order valence-corrected chi connectivity index (χ0v) is 13.8. The molecule has 128 valence electrons. The number of nitrogens with zero attached hydrogens (tertiary/aromatic N) is 3. The van der Waals surface area contributed by atoms with Crippen LogP contribution < -0.4 is 0 Å². The molecule has 3 aromatic rings. The second kappa shape index (κ2) is 7.03. The molecule has 1 aliphatic heterocycles. The van der Waals surface area contributed by atoms with Gasteiger partial charge >= 0.3 is 0 Å². The van der Waals surface area contributed by atoms with E-state index in [2.05, 4.69) is 16.3 Å². The van der Waals surface area contributed by atoms with Gasteiger partial charge in [-0.15, -0.1) is 0 Å². The largest absolute Gasteiger partial charge is 0.464 e. The first kappa shape index (κ1) is 15.8. The minimum atomic E-state index is -0.0214. The molecule has 0 N–H and O–H groups in total. The van der Waals surface area contributed by atoms with Gasteiger partial charge < -0.3 is 14.1 Å². The molecule has 0 spiro atoms. The van der Waals surface area contributed by atoms with Crippen LogP contribution in [0.1, 0.15) is 15.9 Å². The molecule has 4 rings (SSSR count). The van der Waals surface area contributed by atoms with Gasteiger partial charge in [0, 0.05) is 24.4 Å². The fourth-order valence-corrected chi connectivity index (χ4v) is 3.33. The van der Waals surface area contributed by atoms with Gasteiger partial charge in [-0.05, 0) is 30.2 Å². The van der Waals surface area contributed by atoms with Crippen LogP contribution in [0.15, 0.2) is 53.4 Å². The highest BCUT2D eigenvalue weighted by molar-refractivity contribution is 5.93. The van der Waals surface area contributed by atoms with Crippen LogP contribution in [-0.2, 0) is 11.2 Å². The summed E-state index contributed by atoms with van der Waals surface area (Å²) >= 11 is 0. The molecule has 25 heavy (non-hydrogen) atoms. The van der Waals surface area contributed by atoms with Gasteiger partial charge in [-0.3, -0.25) is 4.79 Å². The van der Waals surface area contributed by atoms with Crippen molar-refractivity contribution in [3.63, 3.8) is 0 Å². The number of aromatic nitrogens is 2. The lowest BCUT2D eigenvalue weighted by atomic mass is 9.97. The van der Waals surface area contributed by atoms with Crippen LogP contribution in [0, 0.1) is 5.92 Å². The van der Waals surface area contributed by atoms with E-state index in [4.69, 9.17) is 9.15 Å². The molecule has 0 radical (unpaired) electrons. The van der Waals surface area contributed by atoms with Crippen molar-refractivity contribution in [2.75, 3.05) is 26.3 Å². The van der Waals surface area contributed by atoms with E-state index >= 15 is 0 Å². The van der Waals surface area contributed by atoms with E-state index in [-0.39, 0.29) is 11.8 Å². The average molecular weight is 337 g/mol. The maximum Gasteiger partial charge on any atom is 0.255 e. The summed E-state index contributed by atoms with van der Waals surface area (Å²) in [6.45, 7) is 2.45. The summed E-state index contributed by atoms with van der Waals surface area (Å²) in [5.74, 6) is 0.216. The summed E-state index contributed by atoms with van der Waals surface area (Å²) in [6.07, 6.45) is 5.60. The van der Waals surface area contributed by atoms with E-state index in [1.54, 1.807) is 18.5 Å². The number of ether oxygens (including phenoxy) is 1. The van der Waals surface area contributed by atoms with Crippen molar-refractivity contribution in [2.45, 2.75) is 6.42 Å².